The summed E-state index contributed by atoms with van der Waals surface area (Å²) in [4.78, 5) is 31.1. The Hall–Kier alpha value is -3.86. The van der Waals surface area contributed by atoms with Crippen molar-refractivity contribution in [3.8, 4) is 17.5 Å². The van der Waals surface area contributed by atoms with E-state index in [9.17, 15) is 20.0 Å². The first-order valence-corrected chi connectivity index (χ1v) is 9.14. The van der Waals surface area contributed by atoms with Crippen molar-refractivity contribution in [1.29, 1.82) is 5.26 Å². The Bertz CT molecular complexity index is 1190. The van der Waals surface area contributed by atoms with Gasteiger partial charge < -0.3 is 9.84 Å². The zero-order valence-electron chi connectivity index (χ0n) is 15.7. The summed E-state index contributed by atoms with van der Waals surface area (Å²) < 4.78 is 6.63. The molecule has 2 heterocycles. The first-order chi connectivity index (χ1) is 14.0. The van der Waals surface area contributed by atoms with Crippen molar-refractivity contribution in [2.75, 3.05) is 13.7 Å². The van der Waals surface area contributed by atoms with Crippen molar-refractivity contribution in [3.05, 3.63) is 64.2 Å². The van der Waals surface area contributed by atoms with E-state index in [-0.39, 0.29) is 5.56 Å². The molecule has 1 aromatic heterocycles. The predicted molar refractivity (Wildman–Crippen MR) is 105 cm³/mol. The molecule has 4 rings (SSSR count). The van der Waals surface area contributed by atoms with Gasteiger partial charge in [-0.25, -0.2) is 9.78 Å². The quantitative estimate of drug-likeness (QED) is 0.736. The second kappa shape index (κ2) is 7.28. The highest BCUT2D eigenvalue weighted by molar-refractivity contribution is 5.80. The monoisotopic (exact) mass is 390 g/mol. The van der Waals surface area contributed by atoms with Crippen LogP contribution in [0.1, 0.15) is 30.3 Å². The Morgan fingerprint density at radius 1 is 1.28 bits per heavy atom. The summed E-state index contributed by atoms with van der Waals surface area (Å²) in [6.45, 7) is 0.393. The van der Waals surface area contributed by atoms with Gasteiger partial charge in [0.25, 0.3) is 5.56 Å². The van der Waals surface area contributed by atoms with E-state index < -0.39 is 12.1 Å². The van der Waals surface area contributed by atoms with Gasteiger partial charge in [0.05, 0.1) is 41.4 Å². The smallest absolute Gasteiger partial charge is 0.407 e. The van der Waals surface area contributed by atoms with E-state index in [4.69, 9.17) is 4.74 Å². The third-order valence-electron chi connectivity index (χ3n) is 5.15. The topological polar surface area (TPSA) is 108 Å². The number of benzene rings is 2. The highest BCUT2D eigenvalue weighted by Gasteiger charge is 2.34. The molecule has 0 bridgehead atoms. The molecule has 0 unspecified atom stereocenters. The first kappa shape index (κ1) is 18.5. The third-order valence-corrected chi connectivity index (χ3v) is 5.15. The molecule has 29 heavy (non-hydrogen) atoms. The number of nitriles is 1. The normalized spacial score (nSPS) is 16.0. The maximum atomic E-state index is 13.4. The van der Waals surface area contributed by atoms with Crippen LogP contribution in [0.3, 0.4) is 0 Å². The van der Waals surface area contributed by atoms with E-state index in [1.165, 1.54) is 15.5 Å². The minimum Gasteiger partial charge on any atom is -0.497 e. The van der Waals surface area contributed by atoms with Crippen molar-refractivity contribution in [3.63, 3.8) is 0 Å². The number of rotatable bonds is 3. The molecule has 1 saturated heterocycles. The molecule has 0 saturated carbocycles. The van der Waals surface area contributed by atoms with Crippen molar-refractivity contribution in [2.45, 2.75) is 18.9 Å². The first-order valence-electron chi connectivity index (χ1n) is 9.14. The minimum atomic E-state index is -1.04. The van der Waals surface area contributed by atoms with Crippen LogP contribution in [0.4, 0.5) is 4.79 Å². The highest BCUT2D eigenvalue weighted by Crippen LogP contribution is 2.32. The van der Waals surface area contributed by atoms with Gasteiger partial charge in [-0.3, -0.25) is 14.3 Å². The number of carbonyl (C=O) groups is 1. The molecule has 146 valence electrons. The molecule has 1 amide bonds. The van der Waals surface area contributed by atoms with Gasteiger partial charge in [-0.05, 0) is 55.3 Å². The molecule has 3 aromatic rings. The van der Waals surface area contributed by atoms with Crippen molar-refractivity contribution >= 4 is 17.0 Å². The minimum absolute atomic E-state index is 0.309. The van der Waals surface area contributed by atoms with E-state index in [1.54, 1.807) is 43.5 Å². The van der Waals surface area contributed by atoms with Gasteiger partial charge in [-0.15, -0.1) is 0 Å². The van der Waals surface area contributed by atoms with Gasteiger partial charge in [0.15, 0.2) is 0 Å². The molecule has 0 spiro atoms. The maximum absolute atomic E-state index is 13.4. The van der Waals surface area contributed by atoms with Gasteiger partial charge in [0.1, 0.15) is 11.6 Å². The van der Waals surface area contributed by atoms with Gasteiger partial charge in [0.2, 0.25) is 0 Å². The summed E-state index contributed by atoms with van der Waals surface area (Å²) >= 11 is 0. The Morgan fingerprint density at radius 2 is 2.03 bits per heavy atom. The Morgan fingerprint density at radius 3 is 2.69 bits per heavy atom. The fourth-order valence-corrected chi connectivity index (χ4v) is 3.74. The number of likely N-dealkylation sites (tertiary alicyclic amines) is 1. The van der Waals surface area contributed by atoms with Crippen LogP contribution in [-0.2, 0) is 0 Å². The number of nitrogens with zero attached hydrogens (tertiary/aromatic N) is 4. The SMILES string of the molecule is COc1ccc(-n2c([C@H]3CCCN3C(=O)O)nc3ccc(C#N)cc3c2=O)cc1. The Labute approximate surface area is 166 Å². The predicted octanol–water partition coefficient (Wildman–Crippen LogP) is 3.08. The van der Waals surface area contributed by atoms with E-state index in [2.05, 4.69) is 4.98 Å². The molecule has 1 N–H and O–H groups in total. The molecule has 1 aliphatic heterocycles. The van der Waals surface area contributed by atoms with Crippen LogP contribution >= 0.6 is 0 Å². The number of carboxylic acid groups (broad SMARTS) is 1. The molecular formula is C21H18N4O4. The van der Waals surface area contributed by atoms with Gasteiger partial charge in [-0.1, -0.05) is 0 Å². The van der Waals surface area contributed by atoms with Crippen LogP contribution in [0.5, 0.6) is 5.75 Å². The Kier molecular flexibility index (Phi) is 4.64. The average molecular weight is 390 g/mol. The second-order valence-corrected chi connectivity index (χ2v) is 6.79. The van der Waals surface area contributed by atoms with Crippen LogP contribution in [-0.4, -0.2) is 39.3 Å². The number of amides is 1. The van der Waals surface area contributed by atoms with E-state index in [1.807, 2.05) is 6.07 Å². The number of ether oxygens (including phenoxy) is 1. The van der Waals surface area contributed by atoms with E-state index >= 15 is 0 Å². The summed E-state index contributed by atoms with van der Waals surface area (Å²) in [5, 5.41) is 19.1. The largest absolute Gasteiger partial charge is 0.497 e. The molecule has 1 fully saturated rings. The van der Waals surface area contributed by atoms with Crippen molar-refractivity contribution < 1.29 is 14.6 Å². The standard InChI is InChI=1S/C21H18N4O4/c1-29-15-7-5-14(6-8-15)25-19(18-3-2-10-24(18)21(27)28)23-17-9-4-13(12-22)11-16(17)20(25)26/h4-9,11,18H,2-3,10H2,1H3,(H,27,28)/t18-/m1/s1. The van der Waals surface area contributed by atoms with Gasteiger partial charge >= 0.3 is 6.09 Å². The molecule has 2 aromatic carbocycles. The van der Waals surface area contributed by atoms with Gasteiger partial charge in [0, 0.05) is 6.54 Å². The molecular weight excluding hydrogens is 372 g/mol. The number of hydrogen-bond acceptors (Lipinski definition) is 5. The van der Waals surface area contributed by atoms with Gasteiger partial charge in [-0.2, -0.15) is 5.26 Å². The fraction of sp³-hybridized carbons (Fsp3) is 0.238. The van der Waals surface area contributed by atoms with Crippen molar-refractivity contribution in [2.24, 2.45) is 0 Å². The maximum Gasteiger partial charge on any atom is 0.407 e. The van der Waals surface area contributed by atoms with E-state index in [0.717, 1.165) is 0 Å². The summed E-state index contributed by atoms with van der Waals surface area (Å²) in [6, 6.07) is 13.1. The van der Waals surface area contributed by atoms with Crippen LogP contribution in [0.2, 0.25) is 0 Å². The third kappa shape index (κ3) is 3.17. The van der Waals surface area contributed by atoms with Crippen LogP contribution in [0.15, 0.2) is 47.3 Å². The lowest BCUT2D eigenvalue weighted by atomic mass is 10.1. The molecule has 8 nitrogen and oxygen atoms in total. The summed E-state index contributed by atoms with van der Waals surface area (Å²) in [5.74, 6) is 1.01. The fourth-order valence-electron chi connectivity index (χ4n) is 3.74. The Balaban J connectivity index is 2.01. The molecule has 8 heteroatoms. The summed E-state index contributed by atoms with van der Waals surface area (Å²) in [5.41, 5.74) is 1.01. The summed E-state index contributed by atoms with van der Waals surface area (Å²) in [6.07, 6.45) is 0.236. The highest BCUT2D eigenvalue weighted by atomic mass is 16.5. The van der Waals surface area contributed by atoms with Crippen molar-refractivity contribution in [1.82, 2.24) is 14.5 Å². The van der Waals surface area contributed by atoms with Crippen LogP contribution in [0, 0.1) is 11.3 Å². The molecule has 1 atom stereocenters. The number of hydrogen-bond donors (Lipinski definition) is 1. The average Bonchev–Trinajstić information content (AvgIpc) is 3.24. The van der Waals surface area contributed by atoms with Crippen LogP contribution < -0.4 is 10.3 Å². The lowest BCUT2D eigenvalue weighted by Gasteiger charge is -2.24. The zero-order chi connectivity index (χ0) is 20.5. The lowest BCUT2D eigenvalue weighted by Crippen LogP contribution is -2.34. The number of methoxy groups -OCH3 is 1. The molecule has 0 radical (unpaired) electrons. The van der Waals surface area contributed by atoms with E-state index in [0.29, 0.717) is 53.1 Å². The number of fused-ring (bicyclic) bond motifs is 1. The molecule has 1 aliphatic rings. The zero-order valence-corrected chi connectivity index (χ0v) is 15.7. The lowest BCUT2D eigenvalue weighted by molar-refractivity contribution is 0.138. The van der Waals surface area contributed by atoms with Crippen LogP contribution in [0.25, 0.3) is 16.6 Å². The summed E-state index contributed by atoms with van der Waals surface area (Å²) in [7, 11) is 1.55. The number of aromatic nitrogens is 2. The second-order valence-electron chi connectivity index (χ2n) is 6.79. The molecule has 0 aliphatic carbocycles.